The van der Waals surface area contributed by atoms with Crippen molar-refractivity contribution in [3.63, 3.8) is 0 Å². The molecule has 2 rings (SSSR count). The van der Waals surface area contributed by atoms with Crippen molar-refractivity contribution in [2.75, 3.05) is 0 Å². The molecule has 0 aromatic heterocycles. The zero-order chi connectivity index (χ0) is 11.5. The molecule has 0 atom stereocenters. The summed E-state index contributed by atoms with van der Waals surface area (Å²) in [6.45, 7) is 0. The third kappa shape index (κ3) is 2.38. The Balaban J connectivity index is 2.26. The van der Waals surface area contributed by atoms with Gasteiger partial charge in [0, 0.05) is 6.08 Å². The second-order valence-electron chi connectivity index (χ2n) is 3.14. The zero-order valence-electron chi connectivity index (χ0n) is 8.14. The lowest BCUT2D eigenvalue weighted by Gasteiger charge is -2.10. The maximum Gasteiger partial charge on any atom is 0.221 e. The Morgan fingerprint density at radius 3 is 2.56 bits per heavy atom. The van der Waals surface area contributed by atoms with Crippen LogP contribution in [0.25, 0.3) is 0 Å². The Bertz CT molecular complexity index is 515. The molecule has 0 bridgehead atoms. The standard InChI is InChI=1S/C12H7IO3/c13-9-3-1-2-4-11(9)16-12-7-8(14)5-6-10(12)15/h1-7H. The summed E-state index contributed by atoms with van der Waals surface area (Å²) in [5.41, 5.74) is 0. The van der Waals surface area contributed by atoms with Crippen molar-refractivity contribution in [1.82, 2.24) is 0 Å². The summed E-state index contributed by atoms with van der Waals surface area (Å²) in [5.74, 6) is 0.113. The first kappa shape index (κ1) is 11.1. The molecule has 0 saturated carbocycles. The quantitative estimate of drug-likeness (QED) is 0.619. The fourth-order valence-electron chi connectivity index (χ4n) is 1.21. The molecule has 3 nitrogen and oxygen atoms in total. The topological polar surface area (TPSA) is 43.4 Å². The summed E-state index contributed by atoms with van der Waals surface area (Å²) in [4.78, 5) is 22.5. The van der Waals surface area contributed by atoms with E-state index < -0.39 is 0 Å². The molecule has 0 spiro atoms. The van der Waals surface area contributed by atoms with Crippen LogP contribution in [0.4, 0.5) is 0 Å². The van der Waals surface area contributed by atoms with Gasteiger partial charge in [-0.05, 0) is 46.9 Å². The number of para-hydroxylation sites is 1. The van der Waals surface area contributed by atoms with Crippen LogP contribution in [-0.2, 0) is 9.59 Å². The highest BCUT2D eigenvalue weighted by atomic mass is 127. The number of rotatable bonds is 2. The van der Waals surface area contributed by atoms with Crippen LogP contribution in [0.5, 0.6) is 5.75 Å². The van der Waals surface area contributed by atoms with Gasteiger partial charge in [-0.2, -0.15) is 0 Å². The molecule has 1 aromatic carbocycles. The molecule has 1 aliphatic rings. The molecule has 0 aliphatic heterocycles. The molecule has 0 amide bonds. The van der Waals surface area contributed by atoms with E-state index in [9.17, 15) is 9.59 Å². The average molecular weight is 326 g/mol. The number of halogens is 1. The summed E-state index contributed by atoms with van der Waals surface area (Å²) in [6.07, 6.45) is 3.64. The third-order valence-electron chi connectivity index (χ3n) is 1.97. The minimum atomic E-state index is -0.292. The summed E-state index contributed by atoms with van der Waals surface area (Å²) < 4.78 is 6.29. The maximum absolute atomic E-state index is 11.4. The summed E-state index contributed by atoms with van der Waals surface area (Å²) in [7, 11) is 0. The highest BCUT2D eigenvalue weighted by Crippen LogP contribution is 2.22. The number of benzene rings is 1. The predicted octanol–water partition coefficient (Wildman–Crippen LogP) is 2.26. The molecule has 80 valence electrons. The normalized spacial score (nSPS) is 14.9. The fourth-order valence-corrected chi connectivity index (χ4v) is 1.71. The second kappa shape index (κ2) is 4.61. The second-order valence-corrected chi connectivity index (χ2v) is 4.30. The van der Waals surface area contributed by atoms with Crippen LogP contribution < -0.4 is 4.74 Å². The highest BCUT2D eigenvalue weighted by molar-refractivity contribution is 14.1. The molecule has 0 fully saturated rings. The number of hydrogen-bond donors (Lipinski definition) is 0. The van der Waals surface area contributed by atoms with Crippen molar-refractivity contribution in [1.29, 1.82) is 0 Å². The van der Waals surface area contributed by atoms with Gasteiger partial charge in [-0.25, -0.2) is 0 Å². The molecule has 4 heteroatoms. The lowest BCUT2D eigenvalue weighted by atomic mass is 10.1. The van der Waals surface area contributed by atoms with Crippen LogP contribution in [0.1, 0.15) is 0 Å². The van der Waals surface area contributed by atoms with Crippen LogP contribution in [-0.4, -0.2) is 11.6 Å². The Labute approximate surface area is 106 Å². The van der Waals surface area contributed by atoms with Crippen LogP contribution in [0.15, 0.2) is 48.3 Å². The number of hydrogen-bond acceptors (Lipinski definition) is 3. The molecule has 1 aromatic rings. The van der Waals surface area contributed by atoms with Crippen molar-refractivity contribution in [3.8, 4) is 5.75 Å². The number of ether oxygens (including phenoxy) is 1. The van der Waals surface area contributed by atoms with E-state index >= 15 is 0 Å². The van der Waals surface area contributed by atoms with Gasteiger partial charge in [-0.15, -0.1) is 0 Å². The lowest BCUT2D eigenvalue weighted by Crippen LogP contribution is -2.13. The average Bonchev–Trinajstić information content (AvgIpc) is 2.27. The molecule has 0 radical (unpaired) electrons. The van der Waals surface area contributed by atoms with Crippen molar-refractivity contribution >= 4 is 34.2 Å². The highest BCUT2D eigenvalue weighted by Gasteiger charge is 2.16. The van der Waals surface area contributed by atoms with E-state index in [2.05, 4.69) is 22.6 Å². The fraction of sp³-hybridized carbons (Fsp3) is 0. The van der Waals surface area contributed by atoms with Crippen LogP contribution in [0.2, 0.25) is 0 Å². The molecule has 16 heavy (non-hydrogen) atoms. The number of carbonyl (C=O) groups is 2. The van der Waals surface area contributed by atoms with Gasteiger partial charge in [0.25, 0.3) is 0 Å². The first-order valence-corrected chi connectivity index (χ1v) is 5.65. The largest absolute Gasteiger partial charge is 0.452 e. The maximum atomic E-state index is 11.4. The Morgan fingerprint density at radius 2 is 1.81 bits per heavy atom. The molecule has 0 heterocycles. The Morgan fingerprint density at radius 1 is 1.06 bits per heavy atom. The van der Waals surface area contributed by atoms with Crippen molar-refractivity contribution < 1.29 is 14.3 Å². The van der Waals surface area contributed by atoms with E-state index in [0.29, 0.717) is 5.75 Å². The molecular formula is C12H7IO3. The van der Waals surface area contributed by atoms with Gasteiger partial charge in [0.2, 0.25) is 5.78 Å². The van der Waals surface area contributed by atoms with Gasteiger partial charge < -0.3 is 4.74 Å². The first-order valence-electron chi connectivity index (χ1n) is 4.57. The van der Waals surface area contributed by atoms with Gasteiger partial charge >= 0.3 is 0 Å². The number of ketones is 2. The van der Waals surface area contributed by atoms with E-state index in [1.165, 1.54) is 18.2 Å². The van der Waals surface area contributed by atoms with E-state index in [1.54, 1.807) is 6.07 Å². The van der Waals surface area contributed by atoms with Crippen molar-refractivity contribution in [3.05, 3.63) is 51.8 Å². The SMILES string of the molecule is O=C1C=CC(=O)C(Oc2ccccc2I)=C1. The summed E-state index contributed by atoms with van der Waals surface area (Å²) >= 11 is 2.10. The van der Waals surface area contributed by atoms with Crippen LogP contribution >= 0.6 is 22.6 Å². The van der Waals surface area contributed by atoms with E-state index in [4.69, 9.17) is 4.74 Å². The van der Waals surface area contributed by atoms with Crippen molar-refractivity contribution in [2.24, 2.45) is 0 Å². The van der Waals surface area contributed by atoms with Crippen LogP contribution in [0.3, 0.4) is 0 Å². The van der Waals surface area contributed by atoms with Gasteiger partial charge in [-0.3, -0.25) is 9.59 Å². The van der Waals surface area contributed by atoms with Gasteiger partial charge in [0.05, 0.1) is 3.57 Å². The number of allylic oxidation sites excluding steroid dienone is 3. The van der Waals surface area contributed by atoms with Gasteiger partial charge in [0.1, 0.15) is 5.75 Å². The third-order valence-corrected chi connectivity index (χ3v) is 2.86. The molecule has 1 aliphatic carbocycles. The minimum Gasteiger partial charge on any atom is -0.452 e. The van der Waals surface area contributed by atoms with E-state index in [-0.39, 0.29) is 17.3 Å². The van der Waals surface area contributed by atoms with Crippen LogP contribution in [0, 0.1) is 3.57 Å². The van der Waals surface area contributed by atoms with E-state index in [0.717, 1.165) is 3.57 Å². The lowest BCUT2D eigenvalue weighted by molar-refractivity contribution is -0.116. The van der Waals surface area contributed by atoms with Crippen molar-refractivity contribution in [2.45, 2.75) is 0 Å². The molecular weight excluding hydrogens is 319 g/mol. The predicted molar refractivity (Wildman–Crippen MR) is 67.0 cm³/mol. The molecule has 0 unspecified atom stereocenters. The Kier molecular flexibility index (Phi) is 3.19. The molecule has 0 saturated heterocycles. The minimum absolute atomic E-state index is 0.0663. The smallest absolute Gasteiger partial charge is 0.221 e. The Hall–Kier alpha value is -1.43. The summed E-state index contributed by atoms with van der Waals surface area (Å²) in [6, 6.07) is 7.29. The zero-order valence-corrected chi connectivity index (χ0v) is 10.3. The summed E-state index contributed by atoms with van der Waals surface area (Å²) in [5, 5.41) is 0. The first-order chi connectivity index (χ1) is 7.66. The molecule has 0 N–H and O–H groups in total. The van der Waals surface area contributed by atoms with Gasteiger partial charge in [0.15, 0.2) is 11.5 Å². The monoisotopic (exact) mass is 326 g/mol. The van der Waals surface area contributed by atoms with E-state index in [1.807, 2.05) is 18.2 Å². The number of carbonyl (C=O) groups excluding carboxylic acids is 2. The van der Waals surface area contributed by atoms with Gasteiger partial charge in [-0.1, -0.05) is 12.1 Å².